The number of aliphatic imine (C=N–C) groups is 2. The van der Waals surface area contributed by atoms with Crippen molar-refractivity contribution in [3.63, 3.8) is 0 Å². The Morgan fingerprint density at radius 3 is 1.38 bits per heavy atom. The summed E-state index contributed by atoms with van der Waals surface area (Å²) in [5.74, 6) is 0.307. The Bertz CT molecular complexity index is 1600. The highest BCUT2D eigenvalue weighted by Crippen LogP contribution is 2.28. The minimum absolute atomic E-state index is 0.0104. The number of rotatable bonds is 6. The number of nitrogens with one attached hydrogen (secondary N) is 4. The Labute approximate surface area is 247 Å². The molecule has 0 unspecified atom stereocenters. The van der Waals surface area contributed by atoms with Gasteiger partial charge in [-0.05, 0) is 44.7 Å². The van der Waals surface area contributed by atoms with E-state index in [4.69, 9.17) is 46.8 Å². The smallest absolute Gasteiger partial charge is 0.282 e. The molecule has 0 amide bonds. The zero-order valence-corrected chi connectivity index (χ0v) is 24.1. The van der Waals surface area contributed by atoms with E-state index in [-0.39, 0.29) is 44.5 Å². The van der Waals surface area contributed by atoms with Crippen LogP contribution in [0.15, 0.2) is 78.6 Å². The molecule has 20 heteroatoms. The third-order valence-electron chi connectivity index (χ3n) is 4.85. The first-order valence-corrected chi connectivity index (χ1v) is 14.8. The molecular weight excluding hydrogens is 654 g/mol. The van der Waals surface area contributed by atoms with Gasteiger partial charge in [0.25, 0.3) is 20.2 Å². The Kier molecular flexibility index (Phi) is 8.96. The molecule has 0 spiro atoms. The topological polar surface area (TPSA) is 188 Å². The molecule has 2 aliphatic rings. The highest BCUT2D eigenvalue weighted by Gasteiger charge is 2.19. The Balaban J connectivity index is 1.71. The monoisotopic (exact) mass is 668 g/mol. The fourth-order valence-corrected chi connectivity index (χ4v) is 5.52. The first-order valence-electron chi connectivity index (χ1n) is 10.5. The minimum Gasteiger partial charge on any atom is -0.282 e. The third-order valence-corrected chi connectivity index (χ3v) is 7.40. The van der Waals surface area contributed by atoms with E-state index in [1.54, 1.807) is 0 Å². The normalized spacial score (nSPS) is 19.1. The zero-order valence-electron chi connectivity index (χ0n) is 19.4. The average molecular weight is 670 g/mol. The van der Waals surface area contributed by atoms with Gasteiger partial charge in [0.15, 0.2) is 0 Å². The first-order chi connectivity index (χ1) is 18.7. The van der Waals surface area contributed by atoms with Gasteiger partial charge in [-0.3, -0.25) is 30.8 Å². The van der Waals surface area contributed by atoms with Gasteiger partial charge in [-0.15, -0.1) is 0 Å². The van der Waals surface area contributed by atoms with E-state index < -0.39 is 30.0 Å². The maximum Gasteiger partial charge on any atom is 0.295 e. The maximum atomic E-state index is 12.1. The molecule has 6 N–H and O–H groups in total. The molecular formula is C20H16Cl4N8O6S2. The lowest BCUT2D eigenvalue weighted by molar-refractivity contribution is 0.338. The van der Waals surface area contributed by atoms with Crippen LogP contribution in [0.4, 0.5) is 11.4 Å². The second-order valence-electron chi connectivity index (χ2n) is 7.72. The summed E-state index contributed by atoms with van der Waals surface area (Å²) in [6.45, 7) is 0. The van der Waals surface area contributed by atoms with E-state index in [0.717, 1.165) is 21.4 Å². The molecule has 212 valence electrons. The van der Waals surface area contributed by atoms with E-state index in [0.29, 0.717) is 0 Å². The van der Waals surface area contributed by atoms with Gasteiger partial charge in [0.1, 0.15) is 31.8 Å². The molecule has 14 nitrogen and oxygen atoms in total. The van der Waals surface area contributed by atoms with Gasteiger partial charge in [0, 0.05) is 35.7 Å². The summed E-state index contributed by atoms with van der Waals surface area (Å²) in [6.07, 6.45) is 5.23. The second kappa shape index (κ2) is 11.9. The molecule has 40 heavy (non-hydrogen) atoms. The van der Waals surface area contributed by atoms with Crippen LogP contribution in [0.5, 0.6) is 0 Å². The number of nitrogens with zero attached hydrogens (tertiary/aromatic N) is 4. The van der Waals surface area contributed by atoms with Crippen molar-refractivity contribution in [3.8, 4) is 0 Å². The Hall–Kier alpha value is -2.90. The number of hydrazine groups is 4. The molecule has 0 saturated heterocycles. The number of halogens is 4. The quantitative estimate of drug-likeness (QED) is 0.114. The van der Waals surface area contributed by atoms with Crippen LogP contribution in [0.2, 0.25) is 0 Å². The molecule has 0 radical (unpaired) electrons. The van der Waals surface area contributed by atoms with E-state index in [1.165, 1.54) is 48.6 Å². The zero-order chi connectivity index (χ0) is 29.2. The highest BCUT2D eigenvalue weighted by atomic mass is 35.5. The lowest BCUT2D eigenvalue weighted by atomic mass is 10.1. The van der Waals surface area contributed by atoms with Crippen LogP contribution in [-0.4, -0.2) is 46.9 Å². The van der Waals surface area contributed by atoms with Gasteiger partial charge < -0.3 is 0 Å². The van der Waals surface area contributed by atoms with Gasteiger partial charge in [-0.1, -0.05) is 47.5 Å². The van der Waals surface area contributed by atoms with Crippen LogP contribution in [-0.2, 0) is 20.2 Å². The fraction of sp³-hybridized carbons (Fsp3) is 0. The van der Waals surface area contributed by atoms with Crippen LogP contribution in [0.25, 0.3) is 12.2 Å². The molecule has 4 rings (SSSR count). The molecule has 2 aromatic rings. The molecule has 0 aliphatic carbocycles. The van der Waals surface area contributed by atoms with Crippen molar-refractivity contribution in [2.24, 2.45) is 9.98 Å². The number of hydrogen-bond acceptors (Lipinski definition) is 10. The lowest BCUT2D eigenvalue weighted by Crippen LogP contribution is -2.46. The van der Waals surface area contributed by atoms with Crippen molar-refractivity contribution in [2.45, 2.75) is 9.79 Å². The highest BCUT2D eigenvalue weighted by molar-refractivity contribution is 7.86. The van der Waals surface area contributed by atoms with Crippen molar-refractivity contribution in [3.05, 3.63) is 70.0 Å². The molecule has 2 aliphatic heterocycles. The van der Waals surface area contributed by atoms with Crippen LogP contribution in [0.1, 0.15) is 11.1 Å². The molecule has 0 saturated carbocycles. The Morgan fingerprint density at radius 2 is 1.05 bits per heavy atom. The molecule has 0 atom stereocenters. The second-order valence-corrected chi connectivity index (χ2v) is 12.0. The lowest BCUT2D eigenvalue weighted by Gasteiger charge is -2.22. The maximum absolute atomic E-state index is 12.1. The van der Waals surface area contributed by atoms with E-state index in [9.17, 15) is 25.9 Å². The van der Waals surface area contributed by atoms with Crippen molar-refractivity contribution >= 4 is 102 Å². The average Bonchev–Trinajstić information content (AvgIpc) is 2.81. The summed E-state index contributed by atoms with van der Waals surface area (Å²) < 4.78 is 69.9. The first kappa shape index (κ1) is 30.1. The van der Waals surface area contributed by atoms with E-state index in [2.05, 4.69) is 31.7 Å². The largest absolute Gasteiger partial charge is 0.295 e. The molecule has 0 fully saturated rings. The molecule has 2 aromatic carbocycles. The van der Waals surface area contributed by atoms with Crippen LogP contribution < -0.4 is 21.7 Å². The van der Waals surface area contributed by atoms with Crippen LogP contribution in [0.3, 0.4) is 0 Å². The van der Waals surface area contributed by atoms with Crippen LogP contribution >= 0.6 is 46.8 Å². The van der Waals surface area contributed by atoms with Gasteiger partial charge >= 0.3 is 0 Å². The minimum atomic E-state index is -4.75. The third kappa shape index (κ3) is 7.85. The van der Waals surface area contributed by atoms with Gasteiger partial charge in [0.05, 0.1) is 11.4 Å². The summed E-state index contributed by atoms with van der Waals surface area (Å²) in [5.41, 5.74) is 10.4. The predicted octanol–water partition coefficient (Wildman–Crippen LogP) is 3.53. The summed E-state index contributed by atoms with van der Waals surface area (Å²) in [4.78, 5) is 7.32. The SMILES string of the molecule is O=S(=O)(O)c1cc(N=C2C=C(Cl)NN(Cl)N2)ccc1C=Cc1ccc(N=C2C=C(Cl)NN(Cl)N2)cc1S(=O)(=O)O. The molecule has 0 bridgehead atoms. The summed E-state index contributed by atoms with van der Waals surface area (Å²) in [6, 6.07) is 7.68. The number of amidine groups is 2. The molecule has 2 heterocycles. The van der Waals surface area contributed by atoms with Crippen molar-refractivity contribution in [2.75, 3.05) is 0 Å². The van der Waals surface area contributed by atoms with Crippen molar-refractivity contribution in [1.82, 2.24) is 31.0 Å². The number of benzene rings is 2. The van der Waals surface area contributed by atoms with Crippen molar-refractivity contribution < 1.29 is 25.9 Å². The Morgan fingerprint density at radius 1 is 0.675 bits per heavy atom. The fourth-order valence-electron chi connectivity index (χ4n) is 3.29. The molecule has 0 aromatic heterocycles. The summed E-state index contributed by atoms with van der Waals surface area (Å²) in [5, 5.41) is 0.254. The van der Waals surface area contributed by atoms with Gasteiger partial charge in [0.2, 0.25) is 0 Å². The van der Waals surface area contributed by atoms with Gasteiger partial charge in [-0.25, -0.2) is 9.98 Å². The number of hydrogen-bond donors (Lipinski definition) is 6. The van der Waals surface area contributed by atoms with Gasteiger partial charge in [-0.2, -0.15) is 16.8 Å². The van der Waals surface area contributed by atoms with E-state index >= 15 is 0 Å². The van der Waals surface area contributed by atoms with E-state index in [1.807, 2.05) is 0 Å². The summed E-state index contributed by atoms with van der Waals surface area (Å²) in [7, 11) is -9.51. The van der Waals surface area contributed by atoms with Crippen molar-refractivity contribution in [1.29, 1.82) is 0 Å². The predicted molar refractivity (Wildman–Crippen MR) is 151 cm³/mol. The standard InChI is InChI=1S/C20H16Cl4N8O6S2/c21-17-9-19(29-31(23)27-17)25-13-5-3-11(15(7-13)39(33,34)35)1-2-12-4-6-14(8-16(12)40(36,37)38)26-20-10-18(22)28-32(24)30-20/h1-10,27-28H,(H,25,29)(H,26,30)(H,33,34,35)(H,36,37,38). The van der Waals surface area contributed by atoms with Crippen LogP contribution in [0, 0.1) is 0 Å². The summed E-state index contributed by atoms with van der Waals surface area (Å²) >= 11 is 23.3.